The fraction of sp³-hybridized carbons (Fsp3) is 0.273. The molecular weight excluding hydrogens is 192 g/mol. The van der Waals surface area contributed by atoms with Crippen LogP contribution in [0, 0.1) is 0 Å². The second kappa shape index (κ2) is 5.93. The number of nitrogens with one attached hydrogen (secondary N) is 1. The van der Waals surface area contributed by atoms with E-state index in [4.69, 9.17) is 15.6 Å². The molecule has 1 aromatic rings. The van der Waals surface area contributed by atoms with Crippen LogP contribution in [0.1, 0.15) is 5.56 Å². The summed E-state index contributed by atoms with van der Waals surface area (Å²) in [6.07, 6.45) is 1.60. The van der Waals surface area contributed by atoms with E-state index in [1.807, 2.05) is 24.3 Å². The molecule has 1 aromatic carbocycles. The Morgan fingerprint density at radius 1 is 1.47 bits per heavy atom. The van der Waals surface area contributed by atoms with Crippen molar-refractivity contribution in [3.8, 4) is 5.75 Å². The van der Waals surface area contributed by atoms with Crippen LogP contribution in [0.2, 0.25) is 0 Å². The first-order valence-corrected chi connectivity index (χ1v) is 4.68. The Hall–Kier alpha value is -1.68. The third kappa shape index (κ3) is 3.91. The lowest BCUT2D eigenvalue weighted by atomic mass is 10.2. The Kier molecular flexibility index (Phi) is 4.50. The SMILES string of the molecule is COc1ccc(CN/C=C(\N)CO)cc1. The van der Waals surface area contributed by atoms with Gasteiger partial charge in [-0.25, -0.2) is 0 Å². The lowest BCUT2D eigenvalue weighted by Gasteiger charge is -2.04. The van der Waals surface area contributed by atoms with E-state index in [0.717, 1.165) is 11.3 Å². The Morgan fingerprint density at radius 3 is 2.67 bits per heavy atom. The molecule has 0 atom stereocenters. The number of hydrogen-bond donors (Lipinski definition) is 3. The van der Waals surface area contributed by atoms with E-state index < -0.39 is 0 Å². The quantitative estimate of drug-likeness (QED) is 0.662. The molecule has 4 heteroatoms. The van der Waals surface area contributed by atoms with Crippen LogP contribution in [0.4, 0.5) is 0 Å². The van der Waals surface area contributed by atoms with E-state index in [-0.39, 0.29) is 6.61 Å². The van der Waals surface area contributed by atoms with Gasteiger partial charge in [0.2, 0.25) is 0 Å². The van der Waals surface area contributed by atoms with Crippen molar-refractivity contribution in [1.29, 1.82) is 0 Å². The Bertz CT molecular complexity index is 320. The van der Waals surface area contributed by atoms with Gasteiger partial charge in [-0.3, -0.25) is 0 Å². The second-order valence-corrected chi connectivity index (χ2v) is 3.11. The van der Waals surface area contributed by atoms with E-state index in [1.54, 1.807) is 13.3 Å². The Labute approximate surface area is 89.4 Å². The fourth-order valence-corrected chi connectivity index (χ4v) is 1.09. The monoisotopic (exact) mass is 208 g/mol. The van der Waals surface area contributed by atoms with Crippen LogP contribution in [0.3, 0.4) is 0 Å². The van der Waals surface area contributed by atoms with Crippen molar-refractivity contribution in [2.75, 3.05) is 13.7 Å². The standard InChI is InChI=1S/C11H16N2O2/c1-15-11-4-2-9(3-5-11)6-13-7-10(12)8-14/h2-5,7,13-14H,6,8,12H2,1H3/b10-7-. The van der Waals surface area contributed by atoms with Gasteiger partial charge < -0.3 is 20.9 Å². The summed E-state index contributed by atoms with van der Waals surface area (Å²) >= 11 is 0. The van der Waals surface area contributed by atoms with E-state index in [1.165, 1.54) is 0 Å². The molecule has 0 amide bonds. The van der Waals surface area contributed by atoms with Crippen LogP contribution >= 0.6 is 0 Å². The molecule has 15 heavy (non-hydrogen) atoms. The van der Waals surface area contributed by atoms with Gasteiger partial charge >= 0.3 is 0 Å². The van der Waals surface area contributed by atoms with Gasteiger partial charge in [-0.05, 0) is 17.7 Å². The number of methoxy groups -OCH3 is 1. The first-order valence-electron chi connectivity index (χ1n) is 4.68. The normalized spacial score (nSPS) is 11.2. The molecule has 0 aliphatic rings. The molecule has 0 fully saturated rings. The first-order chi connectivity index (χ1) is 7.26. The van der Waals surface area contributed by atoms with Crippen molar-refractivity contribution < 1.29 is 9.84 Å². The maximum Gasteiger partial charge on any atom is 0.118 e. The predicted molar refractivity (Wildman–Crippen MR) is 59.2 cm³/mol. The average Bonchev–Trinajstić information content (AvgIpc) is 2.29. The molecule has 0 bridgehead atoms. The Balaban J connectivity index is 2.44. The number of ether oxygens (including phenoxy) is 1. The van der Waals surface area contributed by atoms with Gasteiger partial charge in [0, 0.05) is 18.4 Å². The molecule has 0 unspecified atom stereocenters. The largest absolute Gasteiger partial charge is 0.497 e. The van der Waals surface area contributed by atoms with Gasteiger partial charge in [0.25, 0.3) is 0 Å². The zero-order chi connectivity index (χ0) is 11.1. The van der Waals surface area contributed by atoms with Crippen molar-refractivity contribution in [2.24, 2.45) is 5.73 Å². The van der Waals surface area contributed by atoms with Crippen molar-refractivity contribution in [1.82, 2.24) is 5.32 Å². The maximum atomic E-state index is 8.65. The van der Waals surface area contributed by atoms with Crippen molar-refractivity contribution in [3.05, 3.63) is 41.7 Å². The van der Waals surface area contributed by atoms with Gasteiger partial charge in [-0.2, -0.15) is 0 Å². The number of benzene rings is 1. The number of aliphatic hydroxyl groups excluding tert-OH is 1. The first kappa shape index (κ1) is 11.4. The summed E-state index contributed by atoms with van der Waals surface area (Å²) in [7, 11) is 1.64. The number of nitrogens with two attached hydrogens (primary N) is 1. The van der Waals surface area contributed by atoms with Gasteiger partial charge in [0.1, 0.15) is 5.75 Å². The second-order valence-electron chi connectivity index (χ2n) is 3.11. The van der Waals surface area contributed by atoms with Crippen LogP contribution < -0.4 is 15.8 Å². The molecule has 0 saturated carbocycles. The van der Waals surface area contributed by atoms with Crippen molar-refractivity contribution in [2.45, 2.75) is 6.54 Å². The average molecular weight is 208 g/mol. The van der Waals surface area contributed by atoms with Crippen LogP contribution in [-0.4, -0.2) is 18.8 Å². The van der Waals surface area contributed by atoms with Crippen LogP contribution in [0.5, 0.6) is 5.75 Å². The summed E-state index contributed by atoms with van der Waals surface area (Å²) in [5.41, 5.74) is 6.95. The summed E-state index contributed by atoms with van der Waals surface area (Å²) < 4.78 is 5.04. The summed E-state index contributed by atoms with van der Waals surface area (Å²) in [5, 5.41) is 11.7. The third-order valence-electron chi connectivity index (χ3n) is 1.94. The van der Waals surface area contributed by atoms with E-state index >= 15 is 0 Å². The highest BCUT2D eigenvalue weighted by molar-refractivity contribution is 5.27. The third-order valence-corrected chi connectivity index (χ3v) is 1.94. The minimum Gasteiger partial charge on any atom is -0.497 e. The van der Waals surface area contributed by atoms with Crippen LogP contribution in [-0.2, 0) is 6.54 Å². The molecule has 4 nitrogen and oxygen atoms in total. The highest BCUT2D eigenvalue weighted by atomic mass is 16.5. The van der Waals surface area contributed by atoms with E-state index in [0.29, 0.717) is 12.2 Å². The smallest absolute Gasteiger partial charge is 0.118 e. The molecule has 1 rings (SSSR count). The zero-order valence-electron chi connectivity index (χ0n) is 8.73. The van der Waals surface area contributed by atoms with Gasteiger partial charge in [-0.15, -0.1) is 0 Å². The molecule has 0 aliphatic carbocycles. The molecule has 0 spiro atoms. The number of aliphatic hydroxyl groups is 1. The van der Waals surface area contributed by atoms with Gasteiger partial charge in [-0.1, -0.05) is 12.1 Å². The van der Waals surface area contributed by atoms with Crippen LogP contribution in [0.15, 0.2) is 36.2 Å². The topological polar surface area (TPSA) is 67.5 Å². The number of rotatable bonds is 5. The molecule has 0 heterocycles. The maximum absolute atomic E-state index is 8.65. The summed E-state index contributed by atoms with van der Waals surface area (Å²) in [4.78, 5) is 0. The molecule has 82 valence electrons. The Morgan fingerprint density at radius 2 is 2.13 bits per heavy atom. The van der Waals surface area contributed by atoms with E-state index in [2.05, 4.69) is 5.32 Å². The lowest BCUT2D eigenvalue weighted by molar-refractivity contribution is 0.329. The molecule has 0 aromatic heterocycles. The summed E-state index contributed by atoms with van der Waals surface area (Å²) in [5.74, 6) is 0.837. The molecular formula is C11H16N2O2. The van der Waals surface area contributed by atoms with E-state index in [9.17, 15) is 0 Å². The highest BCUT2D eigenvalue weighted by Gasteiger charge is 1.92. The lowest BCUT2D eigenvalue weighted by Crippen LogP contribution is -2.11. The predicted octanol–water partition coefficient (Wildman–Crippen LogP) is 0.577. The minimum atomic E-state index is -0.129. The van der Waals surface area contributed by atoms with Crippen molar-refractivity contribution >= 4 is 0 Å². The summed E-state index contributed by atoms with van der Waals surface area (Å²) in [6.45, 7) is 0.542. The number of hydrogen-bond acceptors (Lipinski definition) is 4. The molecule has 0 aliphatic heterocycles. The molecule has 0 radical (unpaired) electrons. The summed E-state index contributed by atoms with van der Waals surface area (Å²) in [6, 6.07) is 7.73. The van der Waals surface area contributed by atoms with Gasteiger partial charge in [0.05, 0.1) is 13.7 Å². The molecule has 4 N–H and O–H groups in total. The molecule has 0 saturated heterocycles. The zero-order valence-corrected chi connectivity index (χ0v) is 8.73. The minimum absolute atomic E-state index is 0.129. The highest BCUT2D eigenvalue weighted by Crippen LogP contribution is 2.10. The fourth-order valence-electron chi connectivity index (χ4n) is 1.09. The van der Waals surface area contributed by atoms with Crippen molar-refractivity contribution in [3.63, 3.8) is 0 Å². The van der Waals surface area contributed by atoms with Gasteiger partial charge in [0.15, 0.2) is 0 Å². The van der Waals surface area contributed by atoms with Crippen LogP contribution in [0.25, 0.3) is 0 Å².